The second-order valence-electron chi connectivity index (χ2n) is 8.23. The predicted molar refractivity (Wildman–Crippen MR) is 130 cm³/mol. The first-order chi connectivity index (χ1) is 17.3. The second kappa shape index (κ2) is 10.6. The number of methoxy groups -OCH3 is 2. The van der Waals surface area contributed by atoms with Gasteiger partial charge in [0.2, 0.25) is 0 Å². The molecule has 0 radical (unpaired) electrons. The summed E-state index contributed by atoms with van der Waals surface area (Å²) < 4.78 is 39.6. The van der Waals surface area contributed by atoms with Gasteiger partial charge in [0, 0.05) is 30.7 Å². The lowest BCUT2D eigenvalue weighted by Gasteiger charge is -2.25. The van der Waals surface area contributed by atoms with E-state index in [0.29, 0.717) is 28.3 Å². The first kappa shape index (κ1) is 24.8. The molecule has 0 saturated carbocycles. The van der Waals surface area contributed by atoms with Gasteiger partial charge in [0.1, 0.15) is 29.7 Å². The smallest absolute Gasteiger partial charge is 0.262 e. The van der Waals surface area contributed by atoms with E-state index in [1.165, 1.54) is 50.5 Å². The summed E-state index contributed by atoms with van der Waals surface area (Å²) in [4.78, 5) is 27.2. The fourth-order valence-corrected chi connectivity index (χ4v) is 4.11. The summed E-state index contributed by atoms with van der Waals surface area (Å²) in [5, 5.41) is 5.71. The van der Waals surface area contributed by atoms with Gasteiger partial charge in [0.15, 0.2) is 0 Å². The van der Waals surface area contributed by atoms with Crippen molar-refractivity contribution in [2.75, 3.05) is 27.8 Å². The Bertz CT molecular complexity index is 1330. The molecule has 9 heteroatoms. The van der Waals surface area contributed by atoms with Gasteiger partial charge < -0.3 is 14.4 Å². The Hall–Kier alpha value is -4.27. The molecule has 1 atom stereocenters. The number of halogens is 2. The summed E-state index contributed by atoms with van der Waals surface area (Å²) in [6.45, 7) is -0.380. The van der Waals surface area contributed by atoms with Crippen LogP contribution in [0.3, 0.4) is 0 Å². The highest BCUT2D eigenvalue weighted by molar-refractivity contribution is 6.05. The van der Waals surface area contributed by atoms with Crippen molar-refractivity contribution in [2.45, 2.75) is 12.5 Å². The number of benzene rings is 3. The Morgan fingerprint density at radius 3 is 2.36 bits per heavy atom. The summed E-state index contributed by atoms with van der Waals surface area (Å²) in [5.41, 5.74) is 1.29. The predicted octanol–water partition coefficient (Wildman–Crippen LogP) is 4.43. The number of carbonyl (C=O) groups excluding carboxylic acids is 2. The zero-order valence-electron chi connectivity index (χ0n) is 20.1. The molecule has 36 heavy (non-hydrogen) atoms. The first-order valence-corrected chi connectivity index (χ1v) is 11.2. The molecular formula is C27H25F2N3O4. The molecular weight excluding hydrogens is 468 g/mol. The van der Waals surface area contributed by atoms with E-state index in [2.05, 4.69) is 5.10 Å². The van der Waals surface area contributed by atoms with E-state index in [1.54, 1.807) is 42.5 Å². The molecule has 2 amide bonds. The highest BCUT2D eigenvalue weighted by atomic mass is 19.1. The Morgan fingerprint density at radius 1 is 1.00 bits per heavy atom. The number of hydrogen-bond donors (Lipinski definition) is 0. The Kier molecular flexibility index (Phi) is 7.28. The number of ether oxygens (including phenoxy) is 2. The number of hydrazone groups is 1. The lowest BCUT2D eigenvalue weighted by molar-refractivity contribution is -0.133. The molecule has 1 heterocycles. The van der Waals surface area contributed by atoms with Gasteiger partial charge in [-0.05, 0) is 30.3 Å². The Morgan fingerprint density at radius 2 is 1.69 bits per heavy atom. The third-order valence-electron chi connectivity index (χ3n) is 5.97. The van der Waals surface area contributed by atoms with E-state index in [-0.39, 0.29) is 18.5 Å². The minimum absolute atomic E-state index is 0.146. The lowest BCUT2D eigenvalue weighted by atomic mass is 9.97. The molecule has 0 spiro atoms. The van der Waals surface area contributed by atoms with Gasteiger partial charge in [0.25, 0.3) is 11.8 Å². The van der Waals surface area contributed by atoms with Gasteiger partial charge >= 0.3 is 0 Å². The standard InChI is InChI=1S/C27H25F2N3O4/c1-31(27(34)19-9-5-7-11-22(19)29)16-26(33)32-24(18-8-4-6-10-21(18)28)15-23(30-32)20-13-12-17(35-2)14-25(20)36-3/h4-14,24H,15-16H2,1-3H3/t24-/m0/s1. The maximum absolute atomic E-state index is 14.8. The van der Waals surface area contributed by atoms with Crippen molar-refractivity contribution in [3.05, 3.63) is 95.1 Å². The molecule has 0 aromatic heterocycles. The molecule has 186 valence electrons. The van der Waals surface area contributed by atoms with Gasteiger partial charge in [-0.1, -0.05) is 30.3 Å². The molecule has 0 unspecified atom stereocenters. The average molecular weight is 494 g/mol. The van der Waals surface area contributed by atoms with Gasteiger partial charge in [0.05, 0.1) is 31.5 Å². The lowest BCUT2D eigenvalue weighted by Crippen LogP contribution is -2.39. The van der Waals surface area contributed by atoms with Crippen LogP contribution in [-0.2, 0) is 4.79 Å². The van der Waals surface area contributed by atoms with Crippen molar-refractivity contribution in [2.24, 2.45) is 5.10 Å². The minimum Gasteiger partial charge on any atom is -0.497 e. The fraction of sp³-hybridized carbons (Fsp3) is 0.222. The largest absolute Gasteiger partial charge is 0.497 e. The van der Waals surface area contributed by atoms with Crippen molar-refractivity contribution in [3.8, 4) is 11.5 Å². The number of amides is 2. The molecule has 0 N–H and O–H groups in total. The summed E-state index contributed by atoms with van der Waals surface area (Å²) in [6, 6.07) is 16.2. The maximum Gasteiger partial charge on any atom is 0.262 e. The zero-order valence-corrected chi connectivity index (χ0v) is 20.1. The summed E-state index contributed by atoms with van der Waals surface area (Å²) in [7, 11) is 4.45. The van der Waals surface area contributed by atoms with Crippen LogP contribution in [0.4, 0.5) is 8.78 Å². The normalized spacial score (nSPS) is 14.9. The van der Waals surface area contributed by atoms with Crippen molar-refractivity contribution in [1.82, 2.24) is 9.91 Å². The van der Waals surface area contributed by atoms with Crippen LogP contribution in [0.15, 0.2) is 71.8 Å². The van der Waals surface area contributed by atoms with Gasteiger partial charge in [-0.15, -0.1) is 0 Å². The molecule has 0 fully saturated rings. The van der Waals surface area contributed by atoms with Gasteiger partial charge in [-0.3, -0.25) is 9.59 Å². The average Bonchev–Trinajstić information content (AvgIpc) is 3.33. The van der Waals surface area contributed by atoms with E-state index in [4.69, 9.17) is 9.47 Å². The topological polar surface area (TPSA) is 71.4 Å². The molecule has 4 rings (SSSR count). The van der Waals surface area contributed by atoms with Crippen LogP contribution >= 0.6 is 0 Å². The number of hydrogen-bond acceptors (Lipinski definition) is 5. The maximum atomic E-state index is 14.8. The van der Waals surface area contributed by atoms with E-state index in [1.807, 2.05) is 0 Å². The number of nitrogens with zero attached hydrogens (tertiary/aromatic N) is 3. The molecule has 0 bridgehead atoms. The van der Waals surface area contributed by atoms with Gasteiger partial charge in [-0.2, -0.15) is 5.10 Å². The second-order valence-corrected chi connectivity index (χ2v) is 8.23. The first-order valence-electron chi connectivity index (χ1n) is 11.2. The van der Waals surface area contributed by atoms with Crippen LogP contribution in [0.5, 0.6) is 11.5 Å². The van der Waals surface area contributed by atoms with Crippen LogP contribution in [0.1, 0.15) is 33.9 Å². The van der Waals surface area contributed by atoms with Gasteiger partial charge in [-0.25, -0.2) is 13.8 Å². The van der Waals surface area contributed by atoms with Crippen LogP contribution < -0.4 is 9.47 Å². The van der Waals surface area contributed by atoms with E-state index in [9.17, 15) is 18.4 Å². The quantitative estimate of drug-likeness (QED) is 0.488. The highest BCUT2D eigenvalue weighted by Gasteiger charge is 2.36. The number of likely N-dealkylation sites (N-methyl/N-ethyl adjacent to an activating group) is 1. The van der Waals surface area contributed by atoms with Crippen molar-refractivity contribution in [1.29, 1.82) is 0 Å². The third kappa shape index (κ3) is 4.91. The molecule has 7 nitrogen and oxygen atoms in total. The van der Waals surface area contributed by atoms with E-state index in [0.717, 1.165) is 4.90 Å². The van der Waals surface area contributed by atoms with E-state index >= 15 is 0 Å². The number of rotatable bonds is 7. The van der Waals surface area contributed by atoms with Crippen LogP contribution in [0, 0.1) is 11.6 Å². The zero-order chi connectivity index (χ0) is 25.8. The van der Waals surface area contributed by atoms with Crippen molar-refractivity contribution in [3.63, 3.8) is 0 Å². The fourth-order valence-electron chi connectivity index (χ4n) is 4.11. The molecule has 1 aliphatic rings. The molecule has 0 saturated heterocycles. The SMILES string of the molecule is COc1ccc(C2=NN(C(=O)CN(C)C(=O)c3ccccc3F)[C@H](c3ccccc3F)C2)c(OC)c1. The summed E-state index contributed by atoms with van der Waals surface area (Å²) >= 11 is 0. The highest BCUT2D eigenvalue weighted by Crippen LogP contribution is 2.37. The van der Waals surface area contributed by atoms with Crippen LogP contribution in [-0.4, -0.2) is 55.2 Å². The third-order valence-corrected chi connectivity index (χ3v) is 5.97. The Balaban J connectivity index is 1.66. The summed E-state index contributed by atoms with van der Waals surface area (Å²) in [5.74, 6) is -1.28. The number of carbonyl (C=O) groups is 2. The van der Waals surface area contributed by atoms with E-state index < -0.39 is 29.5 Å². The molecule has 3 aromatic carbocycles. The molecule has 0 aliphatic carbocycles. The van der Waals surface area contributed by atoms with Crippen LogP contribution in [0.25, 0.3) is 0 Å². The molecule has 3 aromatic rings. The van der Waals surface area contributed by atoms with Crippen LogP contribution in [0.2, 0.25) is 0 Å². The minimum atomic E-state index is -0.738. The molecule has 1 aliphatic heterocycles. The summed E-state index contributed by atoms with van der Waals surface area (Å²) in [6.07, 6.45) is 0.223. The van der Waals surface area contributed by atoms with Crippen molar-refractivity contribution >= 4 is 17.5 Å². The monoisotopic (exact) mass is 493 g/mol. The Labute approximate surface area is 207 Å². The van der Waals surface area contributed by atoms with Crippen molar-refractivity contribution < 1.29 is 27.8 Å².